The van der Waals surface area contributed by atoms with E-state index in [1.807, 2.05) is 31.2 Å². The first-order valence-electron chi connectivity index (χ1n) is 6.21. The van der Waals surface area contributed by atoms with Gasteiger partial charge in [0.05, 0.1) is 5.69 Å². The lowest BCUT2D eigenvalue weighted by Crippen LogP contribution is -1.95. The average Bonchev–Trinajstić information content (AvgIpc) is 2.34. The molecule has 2 N–H and O–H groups in total. The summed E-state index contributed by atoms with van der Waals surface area (Å²) in [6.45, 7) is 6.38. The second kappa shape index (κ2) is 5.13. The molecule has 0 aliphatic rings. The number of hydrogen-bond donors (Lipinski definition) is 1. The molecule has 2 aromatic rings. The Morgan fingerprint density at radius 2 is 1.72 bits per heavy atom. The van der Waals surface area contributed by atoms with Crippen molar-refractivity contribution in [3.8, 4) is 11.5 Å². The highest BCUT2D eigenvalue weighted by Gasteiger charge is 2.07. The summed E-state index contributed by atoms with van der Waals surface area (Å²) < 4.78 is 5.91. The molecule has 0 aliphatic heterocycles. The molecular formula is C16H19NO. The highest BCUT2D eigenvalue weighted by molar-refractivity contribution is 5.54. The van der Waals surface area contributed by atoms with Crippen molar-refractivity contribution in [2.75, 3.05) is 5.73 Å². The van der Waals surface area contributed by atoms with Crippen LogP contribution in [0.4, 0.5) is 5.69 Å². The van der Waals surface area contributed by atoms with Gasteiger partial charge < -0.3 is 10.5 Å². The Labute approximate surface area is 108 Å². The predicted molar refractivity (Wildman–Crippen MR) is 76.2 cm³/mol. The van der Waals surface area contributed by atoms with Gasteiger partial charge in [0.25, 0.3) is 0 Å². The zero-order chi connectivity index (χ0) is 13.1. The van der Waals surface area contributed by atoms with Crippen LogP contribution in [-0.4, -0.2) is 0 Å². The Kier molecular flexibility index (Phi) is 3.56. The second-order valence-corrected chi connectivity index (χ2v) is 4.82. The third-order valence-corrected chi connectivity index (χ3v) is 3.02. The summed E-state index contributed by atoms with van der Waals surface area (Å²) in [6.07, 6.45) is 0. The molecule has 0 saturated carbocycles. The zero-order valence-corrected chi connectivity index (χ0v) is 11.1. The van der Waals surface area contributed by atoms with Gasteiger partial charge in [-0.1, -0.05) is 38.1 Å². The number of aryl methyl sites for hydroxylation is 1. The second-order valence-electron chi connectivity index (χ2n) is 4.82. The monoisotopic (exact) mass is 241 g/mol. The molecule has 2 heteroatoms. The largest absolute Gasteiger partial charge is 0.455 e. The molecule has 0 amide bonds. The van der Waals surface area contributed by atoms with Crippen LogP contribution in [0, 0.1) is 6.92 Å². The molecule has 2 nitrogen and oxygen atoms in total. The predicted octanol–water partition coefficient (Wildman–Crippen LogP) is 4.49. The molecule has 0 spiro atoms. The van der Waals surface area contributed by atoms with Crippen LogP contribution in [-0.2, 0) is 0 Å². The summed E-state index contributed by atoms with van der Waals surface area (Å²) in [5.74, 6) is 2.07. The molecule has 0 fully saturated rings. The maximum absolute atomic E-state index is 5.91. The Balaban J connectivity index is 2.34. The van der Waals surface area contributed by atoms with Crippen molar-refractivity contribution in [2.24, 2.45) is 0 Å². The molecule has 2 aromatic carbocycles. The zero-order valence-electron chi connectivity index (χ0n) is 11.1. The van der Waals surface area contributed by atoms with E-state index in [2.05, 4.69) is 32.0 Å². The summed E-state index contributed by atoms with van der Waals surface area (Å²) >= 11 is 0. The number of hydrogen-bond acceptors (Lipinski definition) is 2. The van der Waals surface area contributed by atoms with Crippen LogP contribution in [0.3, 0.4) is 0 Å². The first-order valence-corrected chi connectivity index (χ1v) is 6.21. The van der Waals surface area contributed by atoms with Crippen molar-refractivity contribution < 1.29 is 4.74 Å². The van der Waals surface area contributed by atoms with Gasteiger partial charge in [0.1, 0.15) is 11.5 Å². The summed E-state index contributed by atoms with van der Waals surface area (Å²) in [5.41, 5.74) is 8.93. The van der Waals surface area contributed by atoms with Gasteiger partial charge in [0.15, 0.2) is 0 Å². The molecule has 0 heterocycles. The van der Waals surface area contributed by atoms with E-state index in [1.54, 1.807) is 0 Å². The molecule has 0 atom stereocenters. The minimum atomic E-state index is 0.487. The van der Waals surface area contributed by atoms with Crippen LogP contribution in [0.5, 0.6) is 11.5 Å². The van der Waals surface area contributed by atoms with Crippen molar-refractivity contribution in [3.05, 3.63) is 53.6 Å². The van der Waals surface area contributed by atoms with Crippen LogP contribution in [0.2, 0.25) is 0 Å². The smallest absolute Gasteiger partial charge is 0.150 e. The molecule has 0 aromatic heterocycles. The Morgan fingerprint density at radius 3 is 2.39 bits per heavy atom. The van der Waals surface area contributed by atoms with E-state index in [-0.39, 0.29) is 0 Å². The summed E-state index contributed by atoms with van der Waals surface area (Å²) in [5, 5.41) is 0. The molecular weight excluding hydrogens is 222 g/mol. The van der Waals surface area contributed by atoms with Crippen LogP contribution >= 0.6 is 0 Å². The first-order chi connectivity index (χ1) is 8.58. The molecule has 94 valence electrons. The highest BCUT2D eigenvalue weighted by Crippen LogP contribution is 2.31. The van der Waals surface area contributed by atoms with Crippen molar-refractivity contribution in [2.45, 2.75) is 26.7 Å². The van der Waals surface area contributed by atoms with Crippen LogP contribution in [0.15, 0.2) is 42.5 Å². The third kappa shape index (κ3) is 2.65. The fraction of sp³-hybridized carbons (Fsp3) is 0.250. The minimum absolute atomic E-state index is 0.487. The number of nitrogens with two attached hydrogens (primary N) is 1. The summed E-state index contributed by atoms with van der Waals surface area (Å²) in [4.78, 5) is 0. The van der Waals surface area contributed by atoms with Gasteiger partial charge in [0.2, 0.25) is 0 Å². The van der Waals surface area contributed by atoms with Gasteiger partial charge in [-0.05, 0) is 42.2 Å². The topological polar surface area (TPSA) is 35.2 Å². The molecule has 0 radical (unpaired) electrons. The normalized spacial score (nSPS) is 10.7. The van der Waals surface area contributed by atoms with Crippen LogP contribution < -0.4 is 10.5 Å². The average molecular weight is 241 g/mol. The van der Waals surface area contributed by atoms with Gasteiger partial charge in [-0.15, -0.1) is 0 Å². The van der Waals surface area contributed by atoms with Gasteiger partial charge in [-0.25, -0.2) is 0 Å². The van der Waals surface area contributed by atoms with E-state index in [1.165, 1.54) is 5.56 Å². The number of para-hydroxylation sites is 2. The van der Waals surface area contributed by atoms with Crippen LogP contribution in [0.25, 0.3) is 0 Å². The number of rotatable bonds is 3. The first kappa shape index (κ1) is 12.5. The fourth-order valence-electron chi connectivity index (χ4n) is 1.78. The standard InChI is InChI=1S/C16H19NO/c1-11(2)13-9-8-12(3)16(10-13)18-15-7-5-4-6-14(15)17/h4-11H,17H2,1-3H3. The third-order valence-electron chi connectivity index (χ3n) is 3.02. The Morgan fingerprint density at radius 1 is 1.00 bits per heavy atom. The number of nitrogen functional groups attached to an aromatic ring is 1. The van der Waals surface area contributed by atoms with Gasteiger partial charge in [-0.3, -0.25) is 0 Å². The van der Waals surface area contributed by atoms with E-state index in [0.717, 1.165) is 11.3 Å². The highest BCUT2D eigenvalue weighted by atomic mass is 16.5. The lowest BCUT2D eigenvalue weighted by Gasteiger charge is -2.13. The van der Waals surface area contributed by atoms with Gasteiger partial charge in [0, 0.05) is 0 Å². The molecule has 18 heavy (non-hydrogen) atoms. The maximum atomic E-state index is 5.91. The van der Waals surface area contributed by atoms with E-state index in [4.69, 9.17) is 10.5 Å². The number of benzene rings is 2. The van der Waals surface area contributed by atoms with E-state index in [0.29, 0.717) is 17.4 Å². The van der Waals surface area contributed by atoms with Crippen molar-refractivity contribution in [3.63, 3.8) is 0 Å². The molecule has 0 saturated heterocycles. The van der Waals surface area contributed by atoms with Crippen LogP contribution in [0.1, 0.15) is 30.9 Å². The lowest BCUT2D eigenvalue weighted by atomic mass is 10.0. The molecule has 2 rings (SSSR count). The quantitative estimate of drug-likeness (QED) is 0.803. The van der Waals surface area contributed by atoms with Crippen molar-refractivity contribution >= 4 is 5.69 Å². The number of anilines is 1. The van der Waals surface area contributed by atoms with Gasteiger partial charge in [-0.2, -0.15) is 0 Å². The number of ether oxygens (including phenoxy) is 1. The van der Waals surface area contributed by atoms with Gasteiger partial charge >= 0.3 is 0 Å². The summed E-state index contributed by atoms with van der Waals surface area (Å²) in [7, 11) is 0. The fourth-order valence-corrected chi connectivity index (χ4v) is 1.78. The SMILES string of the molecule is Cc1ccc(C(C)C)cc1Oc1ccccc1N. The maximum Gasteiger partial charge on any atom is 0.150 e. The molecule has 0 unspecified atom stereocenters. The van der Waals surface area contributed by atoms with E-state index >= 15 is 0 Å². The lowest BCUT2D eigenvalue weighted by molar-refractivity contribution is 0.480. The minimum Gasteiger partial charge on any atom is -0.455 e. The molecule has 0 bridgehead atoms. The summed E-state index contributed by atoms with van der Waals surface area (Å²) in [6, 6.07) is 13.9. The van der Waals surface area contributed by atoms with E-state index in [9.17, 15) is 0 Å². The van der Waals surface area contributed by atoms with Crippen molar-refractivity contribution in [1.82, 2.24) is 0 Å². The molecule has 0 aliphatic carbocycles. The van der Waals surface area contributed by atoms with Crippen molar-refractivity contribution in [1.29, 1.82) is 0 Å². The Bertz CT molecular complexity index is 547. The van der Waals surface area contributed by atoms with E-state index < -0.39 is 0 Å². The Hall–Kier alpha value is -1.96.